The SMILES string of the molecule is COc1ccc(-c2nc(-c3cccc(CN)c3)n[nH]2)cc1. The Balaban J connectivity index is 1.91. The van der Waals surface area contributed by atoms with Gasteiger partial charge >= 0.3 is 0 Å². The first-order valence-corrected chi connectivity index (χ1v) is 6.66. The lowest BCUT2D eigenvalue weighted by Gasteiger charge is -2.00. The van der Waals surface area contributed by atoms with Crippen molar-refractivity contribution in [3.05, 3.63) is 54.1 Å². The molecule has 0 saturated heterocycles. The van der Waals surface area contributed by atoms with E-state index in [0.29, 0.717) is 12.4 Å². The molecule has 0 aliphatic carbocycles. The van der Waals surface area contributed by atoms with E-state index in [1.165, 1.54) is 0 Å². The summed E-state index contributed by atoms with van der Waals surface area (Å²) in [6.07, 6.45) is 0. The molecule has 0 amide bonds. The summed E-state index contributed by atoms with van der Waals surface area (Å²) in [6.45, 7) is 0.504. The second-order valence-electron chi connectivity index (χ2n) is 4.64. The number of hydrogen-bond acceptors (Lipinski definition) is 4. The van der Waals surface area contributed by atoms with Crippen LogP contribution in [0.15, 0.2) is 48.5 Å². The predicted molar refractivity (Wildman–Crippen MR) is 81.7 cm³/mol. The van der Waals surface area contributed by atoms with Gasteiger partial charge in [-0.05, 0) is 35.9 Å². The number of ether oxygens (including phenoxy) is 1. The van der Waals surface area contributed by atoms with Crippen molar-refractivity contribution in [3.63, 3.8) is 0 Å². The van der Waals surface area contributed by atoms with Gasteiger partial charge in [0.25, 0.3) is 0 Å². The van der Waals surface area contributed by atoms with E-state index in [4.69, 9.17) is 10.5 Å². The van der Waals surface area contributed by atoms with Crippen LogP contribution in [0.3, 0.4) is 0 Å². The smallest absolute Gasteiger partial charge is 0.181 e. The largest absolute Gasteiger partial charge is 0.497 e. The van der Waals surface area contributed by atoms with Crippen molar-refractivity contribution in [2.24, 2.45) is 5.73 Å². The zero-order chi connectivity index (χ0) is 14.7. The fourth-order valence-electron chi connectivity index (χ4n) is 2.11. The van der Waals surface area contributed by atoms with E-state index < -0.39 is 0 Å². The third kappa shape index (κ3) is 2.78. The molecule has 0 fully saturated rings. The summed E-state index contributed by atoms with van der Waals surface area (Å²) in [5, 5.41) is 7.23. The number of aromatic nitrogens is 3. The zero-order valence-electron chi connectivity index (χ0n) is 11.7. The van der Waals surface area contributed by atoms with Crippen molar-refractivity contribution in [3.8, 4) is 28.5 Å². The number of rotatable bonds is 4. The van der Waals surface area contributed by atoms with Gasteiger partial charge in [-0.25, -0.2) is 4.98 Å². The molecule has 21 heavy (non-hydrogen) atoms. The molecule has 1 heterocycles. The van der Waals surface area contributed by atoms with E-state index in [1.54, 1.807) is 7.11 Å². The fraction of sp³-hybridized carbons (Fsp3) is 0.125. The molecule has 0 atom stereocenters. The predicted octanol–water partition coefficient (Wildman–Crippen LogP) is 2.61. The molecule has 106 valence electrons. The van der Waals surface area contributed by atoms with Crippen LogP contribution in [0.25, 0.3) is 22.8 Å². The van der Waals surface area contributed by atoms with Gasteiger partial charge in [-0.2, -0.15) is 5.10 Å². The van der Waals surface area contributed by atoms with Crippen LogP contribution in [0.2, 0.25) is 0 Å². The average molecular weight is 280 g/mol. The minimum Gasteiger partial charge on any atom is -0.497 e. The molecule has 0 aliphatic heterocycles. The normalized spacial score (nSPS) is 10.6. The van der Waals surface area contributed by atoms with Crippen molar-refractivity contribution in [2.75, 3.05) is 7.11 Å². The molecule has 5 nitrogen and oxygen atoms in total. The Morgan fingerprint density at radius 1 is 1.10 bits per heavy atom. The average Bonchev–Trinajstić information content (AvgIpc) is 3.05. The summed E-state index contributed by atoms with van der Waals surface area (Å²) < 4.78 is 5.15. The molecule has 1 aromatic heterocycles. The van der Waals surface area contributed by atoms with Gasteiger partial charge in [0.1, 0.15) is 5.75 Å². The third-order valence-corrected chi connectivity index (χ3v) is 3.27. The monoisotopic (exact) mass is 280 g/mol. The number of hydrogen-bond donors (Lipinski definition) is 2. The molecular formula is C16H16N4O. The molecule has 0 radical (unpaired) electrons. The van der Waals surface area contributed by atoms with Crippen molar-refractivity contribution in [1.29, 1.82) is 0 Å². The quantitative estimate of drug-likeness (QED) is 0.770. The van der Waals surface area contributed by atoms with Gasteiger partial charge in [-0.1, -0.05) is 18.2 Å². The summed E-state index contributed by atoms with van der Waals surface area (Å²) >= 11 is 0. The highest BCUT2D eigenvalue weighted by molar-refractivity contribution is 5.62. The second-order valence-corrected chi connectivity index (χ2v) is 4.64. The van der Waals surface area contributed by atoms with Gasteiger partial charge in [0.2, 0.25) is 0 Å². The third-order valence-electron chi connectivity index (χ3n) is 3.27. The Labute approximate surface area is 122 Å². The summed E-state index contributed by atoms with van der Waals surface area (Å²) in [5.41, 5.74) is 8.63. The molecule has 2 aromatic carbocycles. The molecule has 0 unspecified atom stereocenters. The van der Waals surface area contributed by atoms with Crippen molar-refractivity contribution < 1.29 is 4.74 Å². The second kappa shape index (κ2) is 5.76. The topological polar surface area (TPSA) is 76.8 Å². The van der Waals surface area contributed by atoms with Crippen LogP contribution < -0.4 is 10.5 Å². The van der Waals surface area contributed by atoms with Gasteiger partial charge in [0.15, 0.2) is 11.6 Å². The summed E-state index contributed by atoms with van der Waals surface area (Å²) in [7, 11) is 1.64. The maximum atomic E-state index is 5.66. The summed E-state index contributed by atoms with van der Waals surface area (Å²) in [5.74, 6) is 2.20. The first-order chi connectivity index (χ1) is 10.3. The lowest BCUT2D eigenvalue weighted by atomic mass is 10.1. The van der Waals surface area contributed by atoms with Gasteiger partial charge < -0.3 is 10.5 Å². The van der Waals surface area contributed by atoms with Gasteiger partial charge in [-0.15, -0.1) is 0 Å². The molecule has 3 aromatic rings. The van der Waals surface area contributed by atoms with Gasteiger partial charge in [-0.3, -0.25) is 5.10 Å². The van der Waals surface area contributed by atoms with Crippen LogP contribution in [0.1, 0.15) is 5.56 Å². The Bertz CT molecular complexity index is 734. The van der Waals surface area contributed by atoms with E-state index in [9.17, 15) is 0 Å². The van der Waals surface area contributed by atoms with Gasteiger partial charge in [0.05, 0.1) is 7.11 Å². The molecule has 3 rings (SSSR count). The Hall–Kier alpha value is -2.66. The number of nitrogens with one attached hydrogen (secondary N) is 1. The molecule has 0 saturated carbocycles. The summed E-state index contributed by atoms with van der Waals surface area (Å²) in [6, 6.07) is 15.6. The number of aromatic amines is 1. The maximum Gasteiger partial charge on any atom is 0.181 e. The summed E-state index contributed by atoms with van der Waals surface area (Å²) in [4.78, 5) is 4.53. The minimum atomic E-state index is 0.504. The van der Waals surface area contributed by atoms with Crippen LogP contribution in [0.5, 0.6) is 5.75 Å². The molecule has 0 aliphatic rings. The molecule has 0 spiro atoms. The van der Waals surface area contributed by atoms with Crippen LogP contribution in [-0.2, 0) is 6.54 Å². The number of nitrogens with zero attached hydrogens (tertiary/aromatic N) is 2. The van der Waals surface area contributed by atoms with Crippen LogP contribution in [0, 0.1) is 0 Å². The van der Waals surface area contributed by atoms with Gasteiger partial charge in [0, 0.05) is 17.7 Å². The number of H-pyrrole nitrogens is 1. The first kappa shape index (κ1) is 13.3. The number of methoxy groups -OCH3 is 1. The van der Waals surface area contributed by atoms with E-state index in [2.05, 4.69) is 15.2 Å². The van der Waals surface area contributed by atoms with E-state index in [0.717, 1.165) is 28.3 Å². The first-order valence-electron chi connectivity index (χ1n) is 6.66. The van der Waals surface area contributed by atoms with Crippen LogP contribution in [-0.4, -0.2) is 22.3 Å². The maximum absolute atomic E-state index is 5.66. The van der Waals surface area contributed by atoms with Crippen LogP contribution >= 0.6 is 0 Å². The zero-order valence-corrected chi connectivity index (χ0v) is 11.7. The Kier molecular flexibility index (Phi) is 3.66. The van der Waals surface area contributed by atoms with E-state index >= 15 is 0 Å². The standard InChI is InChI=1S/C16H16N4O/c1-21-14-7-5-12(6-8-14)15-18-16(20-19-15)13-4-2-3-11(9-13)10-17/h2-9H,10,17H2,1H3,(H,18,19,20). The van der Waals surface area contributed by atoms with Crippen molar-refractivity contribution in [2.45, 2.75) is 6.54 Å². The molecule has 0 bridgehead atoms. The highest BCUT2D eigenvalue weighted by atomic mass is 16.5. The molecule has 5 heteroatoms. The Morgan fingerprint density at radius 3 is 2.62 bits per heavy atom. The fourth-order valence-corrected chi connectivity index (χ4v) is 2.11. The molecule has 3 N–H and O–H groups in total. The van der Waals surface area contributed by atoms with Crippen LogP contribution in [0.4, 0.5) is 0 Å². The van der Waals surface area contributed by atoms with Crippen molar-refractivity contribution >= 4 is 0 Å². The van der Waals surface area contributed by atoms with E-state index in [1.807, 2.05) is 48.5 Å². The minimum absolute atomic E-state index is 0.504. The highest BCUT2D eigenvalue weighted by Crippen LogP contribution is 2.22. The van der Waals surface area contributed by atoms with Crippen molar-refractivity contribution in [1.82, 2.24) is 15.2 Å². The lowest BCUT2D eigenvalue weighted by Crippen LogP contribution is -1.96. The Morgan fingerprint density at radius 2 is 1.90 bits per heavy atom. The van der Waals surface area contributed by atoms with E-state index in [-0.39, 0.29) is 0 Å². The number of nitrogens with two attached hydrogens (primary N) is 1. The highest BCUT2D eigenvalue weighted by Gasteiger charge is 2.08. The lowest BCUT2D eigenvalue weighted by molar-refractivity contribution is 0.415. The molecular weight excluding hydrogens is 264 g/mol. The number of benzene rings is 2.